The molecular weight excluding hydrogens is 464 g/mol. The summed E-state index contributed by atoms with van der Waals surface area (Å²) in [5, 5.41) is 9.47. The van der Waals surface area contributed by atoms with Crippen molar-refractivity contribution >= 4 is 17.6 Å². The van der Waals surface area contributed by atoms with Gasteiger partial charge in [0.15, 0.2) is 0 Å². The standard InChI is InChI=1S/C31H44N2O4/c1-23(2)20-32-16-9-7-5-6-8-10-17-33(30(34)31(35)36)21-27-15-14-26(19-29(27)32)25-12-11-13-28(18-25)37-22-24(3)4/h11-15,18-19,23-24H,5-10,16-17,20-22H2,1-4H3,(H,35,36). The zero-order chi connectivity index (χ0) is 26.8. The molecule has 0 aromatic heterocycles. The van der Waals surface area contributed by atoms with Crippen molar-refractivity contribution < 1.29 is 19.4 Å². The van der Waals surface area contributed by atoms with E-state index in [1.807, 2.05) is 12.1 Å². The minimum absolute atomic E-state index is 0.298. The van der Waals surface area contributed by atoms with Crippen molar-refractivity contribution in [3.05, 3.63) is 48.0 Å². The fourth-order valence-electron chi connectivity index (χ4n) is 4.86. The van der Waals surface area contributed by atoms with Crippen LogP contribution in [0.4, 0.5) is 5.69 Å². The summed E-state index contributed by atoms with van der Waals surface area (Å²) in [6, 6.07) is 14.5. The lowest BCUT2D eigenvalue weighted by atomic mass is 10.00. The molecule has 0 spiro atoms. The van der Waals surface area contributed by atoms with Crippen LogP contribution >= 0.6 is 0 Å². The summed E-state index contributed by atoms with van der Waals surface area (Å²) >= 11 is 0. The largest absolute Gasteiger partial charge is 0.493 e. The lowest BCUT2D eigenvalue weighted by molar-refractivity contribution is -0.156. The van der Waals surface area contributed by atoms with Crippen molar-refractivity contribution in [1.29, 1.82) is 0 Å². The smallest absolute Gasteiger partial charge is 0.394 e. The van der Waals surface area contributed by atoms with Crippen LogP contribution < -0.4 is 9.64 Å². The molecule has 0 radical (unpaired) electrons. The van der Waals surface area contributed by atoms with Crippen LogP contribution in [0.2, 0.25) is 0 Å². The minimum atomic E-state index is -1.39. The first kappa shape index (κ1) is 28.5. The van der Waals surface area contributed by atoms with Crippen LogP contribution in [0.15, 0.2) is 42.5 Å². The average molecular weight is 509 g/mol. The van der Waals surface area contributed by atoms with E-state index >= 15 is 0 Å². The highest BCUT2D eigenvalue weighted by Crippen LogP contribution is 2.32. The van der Waals surface area contributed by atoms with Gasteiger partial charge in [-0.2, -0.15) is 0 Å². The number of aliphatic carboxylic acids is 1. The molecule has 0 atom stereocenters. The minimum Gasteiger partial charge on any atom is -0.493 e. The fourth-order valence-corrected chi connectivity index (χ4v) is 4.86. The third-order valence-corrected chi connectivity index (χ3v) is 6.70. The summed E-state index contributed by atoms with van der Waals surface area (Å²) in [7, 11) is 0. The zero-order valence-corrected chi connectivity index (χ0v) is 23.0. The van der Waals surface area contributed by atoms with Gasteiger partial charge in [-0.1, -0.05) is 77.6 Å². The molecule has 1 heterocycles. The number of hydrogen-bond donors (Lipinski definition) is 1. The Morgan fingerprint density at radius 3 is 2.22 bits per heavy atom. The number of nitrogens with zero attached hydrogens (tertiary/aromatic N) is 2. The number of benzene rings is 2. The third-order valence-electron chi connectivity index (χ3n) is 6.70. The summed E-state index contributed by atoms with van der Waals surface area (Å²) in [6.07, 6.45) is 6.42. The molecule has 1 N–H and O–H groups in total. The van der Waals surface area contributed by atoms with Crippen molar-refractivity contribution in [3.63, 3.8) is 0 Å². The normalized spacial score (nSPS) is 15.5. The third kappa shape index (κ3) is 8.80. The van der Waals surface area contributed by atoms with Gasteiger partial charge in [-0.3, -0.25) is 4.79 Å². The van der Waals surface area contributed by atoms with Crippen LogP contribution in [0.25, 0.3) is 11.1 Å². The molecule has 6 heteroatoms. The van der Waals surface area contributed by atoms with Crippen LogP contribution in [-0.4, -0.2) is 48.1 Å². The van der Waals surface area contributed by atoms with E-state index in [1.165, 1.54) is 17.7 Å². The molecule has 0 aliphatic carbocycles. The zero-order valence-electron chi connectivity index (χ0n) is 23.0. The van der Waals surface area contributed by atoms with Crippen LogP contribution in [0.5, 0.6) is 5.75 Å². The molecule has 0 bridgehead atoms. The van der Waals surface area contributed by atoms with E-state index in [0.29, 0.717) is 31.5 Å². The number of fused-ring (bicyclic) bond motifs is 1. The van der Waals surface area contributed by atoms with E-state index in [0.717, 1.165) is 66.9 Å². The first-order valence-electron chi connectivity index (χ1n) is 13.9. The highest BCUT2D eigenvalue weighted by atomic mass is 16.5. The van der Waals surface area contributed by atoms with Gasteiger partial charge >= 0.3 is 11.9 Å². The van der Waals surface area contributed by atoms with Gasteiger partial charge < -0.3 is 19.6 Å². The number of rotatable bonds is 6. The Hall–Kier alpha value is -3.02. The number of carbonyl (C=O) groups is 2. The average Bonchev–Trinajstić information content (AvgIpc) is 2.88. The summed E-state index contributed by atoms with van der Waals surface area (Å²) in [5.41, 5.74) is 4.24. The van der Waals surface area contributed by atoms with Crippen molar-refractivity contribution in [2.75, 3.05) is 31.1 Å². The molecule has 0 unspecified atom stereocenters. The number of anilines is 1. The van der Waals surface area contributed by atoms with Gasteiger partial charge in [-0.05, 0) is 59.6 Å². The molecule has 2 aromatic carbocycles. The Kier molecular flexibility index (Phi) is 10.8. The van der Waals surface area contributed by atoms with Crippen LogP contribution in [0.3, 0.4) is 0 Å². The van der Waals surface area contributed by atoms with Crippen LogP contribution in [-0.2, 0) is 16.1 Å². The molecule has 0 fully saturated rings. The highest BCUT2D eigenvalue weighted by molar-refractivity contribution is 6.31. The first-order valence-corrected chi connectivity index (χ1v) is 13.9. The Balaban J connectivity index is 2.03. The van der Waals surface area contributed by atoms with E-state index in [4.69, 9.17) is 4.74 Å². The monoisotopic (exact) mass is 508 g/mol. The van der Waals surface area contributed by atoms with Gasteiger partial charge in [-0.15, -0.1) is 0 Å². The molecule has 0 saturated carbocycles. The molecule has 2 aromatic rings. The summed E-state index contributed by atoms with van der Waals surface area (Å²) in [4.78, 5) is 28.1. The molecule has 6 nitrogen and oxygen atoms in total. The topological polar surface area (TPSA) is 70.1 Å². The van der Waals surface area contributed by atoms with Crippen molar-refractivity contribution in [2.45, 2.75) is 72.8 Å². The lowest BCUT2D eigenvalue weighted by Crippen LogP contribution is -2.37. The fraction of sp³-hybridized carbons (Fsp3) is 0.548. The SMILES string of the molecule is CC(C)COc1cccc(-c2ccc3c(c2)N(CC(C)C)CCCCCCCCN(C(=O)C(=O)O)C3)c1. The molecule has 3 rings (SSSR count). The summed E-state index contributed by atoms with van der Waals surface area (Å²) in [6.45, 7) is 12.0. The molecule has 1 aliphatic heterocycles. The quantitative estimate of drug-likeness (QED) is 0.444. The number of carbonyl (C=O) groups excluding carboxylic acids is 1. The molecule has 37 heavy (non-hydrogen) atoms. The Morgan fingerprint density at radius 2 is 1.54 bits per heavy atom. The van der Waals surface area contributed by atoms with Crippen LogP contribution in [0.1, 0.15) is 71.8 Å². The van der Waals surface area contributed by atoms with Gasteiger partial charge in [0.2, 0.25) is 0 Å². The Labute approximate surface area is 222 Å². The van der Waals surface area contributed by atoms with Gasteiger partial charge in [-0.25, -0.2) is 4.79 Å². The van der Waals surface area contributed by atoms with Crippen LogP contribution in [0, 0.1) is 11.8 Å². The van der Waals surface area contributed by atoms with Gasteiger partial charge in [0.05, 0.1) is 6.61 Å². The van der Waals surface area contributed by atoms with Gasteiger partial charge in [0.25, 0.3) is 0 Å². The molecule has 202 valence electrons. The Morgan fingerprint density at radius 1 is 0.865 bits per heavy atom. The summed E-state index contributed by atoms with van der Waals surface area (Å²) in [5.74, 6) is -0.439. The molecule has 1 aliphatic rings. The predicted octanol–water partition coefficient (Wildman–Crippen LogP) is 6.62. The number of carboxylic acids is 1. The number of carboxylic acid groups (broad SMARTS) is 1. The van der Waals surface area contributed by atoms with E-state index in [9.17, 15) is 14.7 Å². The number of amides is 1. The van der Waals surface area contributed by atoms with Gasteiger partial charge in [0, 0.05) is 31.9 Å². The molecule has 0 saturated heterocycles. The second kappa shape index (κ2) is 14.1. The van der Waals surface area contributed by atoms with Crippen molar-refractivity contribution in [2.24, 2.45) is 11.8 Å². The summed E-state index contributed by atoms with van der Waals surface area (Å²) < 4.78 is 5.97. The van der Waals surface area contributed by atoms with E-state index in [1.54, 1.807) is 0 Å². The maximum atomic E-state index is 12.6. The Bertz CT molecular complexity index is 1030. The molecule has 1 amide bonds. The maximum absolute atomic E-state index is 12.6. The van der Waals surface area contributed by atoms with Crippen molar-refractivity contribution in [1.82, 2.24) is 4.90 Å². The van der Waals surface area contributed by atoms with E-state index < -0.39 is 11.9 Å². The number of ether oxygens (including phenoxy) is 1. The van der Waals surface area contributed by atoms with E-state index in [-0.39, 0.29) is 0 Å². The molecular formula is C31H44N2O4. The van der Waals surface area contributed by atoms with Gasteiger partial charge in [0.1, 0.15) is 5.75 Å². The predicted molar refractivity (Wildman–Crippen MR) is 150 cm³/mol. The second-order valence-corrected chi connectivity index (χ2v) is 11.1. The maximum Gasteiger partial charge on any atom is 0.394 e. The van der Waals surface area contributed by atoms with E-state index in [2.05, 4.69) is 62.9 Å². The first-order chi connectivity index (χ1) is 17.7. The van der Waals surface area contributed by atoms with Crippen molar-refractivity contribution in [3.8, 4) is 16.9 Å². The lowest BCUT2D eigenvalue weighted by Gasteiger charge is -2.31. The number of hydrogen-bond acceptors (Lipinski definition) is 4. The highest BCUT2D eigenvalue weighted by Gasteiger charge is 2.24. The second-order valence-electron chi connectivity index (χ2n) is 11.1.